The molecular weight excluding hydrogens is 703 g/mol. The van der Waals surface area contributed by atoms with E-state index in [1.54, 1.807) is 0 Å². The first-order chi connectivity index (χ1) is 30.4. The average Bonchev–Trinajstić information content (AvgIpc) is 3.90. The van der Waals surface area contributed by atoms with Crippen molar-refractivity contribution in [1.29, 1.82) is 0 Å². The summed E-state index contributed by atoms with van der Waals surface area (Å²) in [5.74, 6) is 0. The summed E-state index contributed by atoms with van der Waals surface area (Å²) in [6, 6.07) is 49.8. The van der Waals surface area contributed by atoms with Crippen molar-refractivity contribution in [3.8, 4) is 33.4 Å². The number of furan rings is 1. The maximum Gasteiger partial charge on any atom is 0.145 e. The van der Waals surface area contributed by atoms with Crippen LogP contribution in [0.5, 0.6) is 0 Å². The van der Waals surface area contributed by atoms with Crippen LogP contribution in [0.1, 0.15) is 56.8 Å². The van der Waals surface area contributed by atoms with Crippen LogP contribution in [-0.4, -0.2) is 0 Å². The Morgan fingerprint density at radius 2 is 0.914 bits per heavy atom. The zero-order chi connectivity index (χ0) is 43.3. The van der Waals surface area contributed by atoms with E-state index in [-0.39, 0.29) is 40.6 Å². The van der Waals surface area contributed by atoms with E-state index in [4.69, 9.17) is 11.3 Å². The zero-order valence-corrected chi connectivity index (χ0v) is 32.7. The van der Waals surface area contributed by atoms with Gasteiger partial charge in [-0.25, -0.2) is 0 Å². The first kappa shape index (κ1) is 28.5. The highest BCUT2D eigenvalue weighted by Crippen LogP contribution is 2.55. The Morgan fingerprint density at radius 1 is 0.431 bits per heavy atom. The molecule has 58 heavy (non-hydrogen) atoms. The molecule has 0 aliphatic heterocycles. The van der Waals surface area contributed by atoms with Gasteiger partial charge in [-0.15, -0.1) is 0 Å². The summed E-state index contributed by atoms with van der Waals surface area (Å²) in [6.45, 7) is 9.20. The molecule has 2 aliphatic carbocycles. The maximum atomic E-state index is 9.15. The van der Waals surface area contributed by atoms with Crippen molar-refractivity contribution in [3.63, 3.8) is 0 Å². The van der Waals surface area contributed by atoms with Crippen LogP contribution in [-0.2, 0) is 10.8 Å². The molecule has 9 aromatic carbocycles. The molecule has 2 aliphatic rings. The Morgan fingerprint density at radius 3 is 1.52 bits per heavy atom. The summed E-state index contributed by atoms with van der Waals surface area (Å²) < 4.78 is 51.3. The fourth-order valence-electron chi connectivity index (χ4n) is 10.3. The minimum Gasteiger partial charge on any atom is -0.455 e. The number of rotatable bonds is 4. The molecule has 0 amide bonds. The third-order valence-corrected chi connectivity index (χ3v) is 13.1. The molecule has 1 aromatic heterocycles. The molecule has 0 saturated heterocycles. The quantitative estimate of drug-likeness (QED) is 0.167. The molecule has 276 valence electrons. The van der Waals surface area contributed by atoms with Crippen LogP contribution in [0.4, 0.5) is 17.1 Å². The molecule has 0 N–H and O–H groups in total. The molecule has 1 heterocycles. The smallest absolute Gasteiger partial charge is 0.145 e. The van der Waals surface area contributed by atoms with E-state index in [1.807, 2.05) is 24.3 Å². The fourth-order valence-corrected chi connectivity index (χ4v) is 10.3. The number of fused-ring (bicyclic) bond motifs is 14. The monoisotopic (exact) mass is 748 g/mol. The van der Waals surface area contributed by atoms with Gasteiger partial charge in [0.15, 0.2) is 0 Å². The van der Waals surface area contributed by atoms with Gasteiger partial charge in [0.2, 0.25) is 0 Å². The lowest BCUT2D eigenvalue weighted by atomic mass is 9.82. The molecule has 0 fully saturated rings. The van der Waals surface area contributed by atoms with E-state index in [2.05, 4.69) is 154 Å². The second-order valence-corrected chi connectivity index (χ2v) is 16.9. The molecule has 0 radical (unpaired) electrons. The van der Waals surface area contributed by atoms with Gasteiger partial charge in [-0.1, -0.05) is 167 Å². The minimum atomic E-state index is -0.433. The summed E-state index contributed by atoms with van der Waals surface area (Å²) in [4.78, 5) is 2.34. The highest BCUT2D eigenvalue weighted by Gasteiger charge is 2.38. The van der Waals surface area contributed by atoms with Crippen LogP contribution < -0.4 is 4.90 Å². The standard InChI is InChI=1S/C56H41NO/c1-55(2)46-24-14-12-20-40(46)42-28-26-35(32-48(42)55)57(36-27-29-43-41-21-13-15-25-47(41)56(3,4)49(43)33-36)50-31-30-37(34-16-6-5-7-17-34)53-52(50)51-44-22-10-8-18-38(44)39-19-9-11-23-45(39)54(51)58-53/h5-33H,1-4H3/i5D,6D,7D,16D,17D. The Kier molecular flexibility index (Phi) is 5.80. The van der Waals surface area contributed by atoms with Crippen LogP contribution >= 0.6 is 0 Å². The molecule has 10 aromatic rings. The maximum absolute atomic E-state index is 9.15. The molecular formula is C56H41NO. The Hall–Kier alpha value is -6.90. The van der Waals surface area contributed by atoms with Gasteiger partial charge >= 0.3 is 0 Å². The highest BCUT2D eigenvalue weighted by molar-refractivity contribution is 6.33. The normalized spacial score (nSPS) is 15.7. The first-order valence-corrected chi connectivity index (χ1v) is 20.0. The number of hydrogen-bond acceptors (Lipinski definition) is 2. The van der Waals surface area contributed by atoms with E-state index < -0.39 is 6.04 Å². The van der Waals surface area contributed by atoms with Gasteiger partial charge in [0.1, 0.15) is 11.2 Å². The van der Waals surface area contributed by atoms with Crippen molar-refractivity contribution in [1.82, 2.24) is 0 Å². The van der Waals surface area contributed by atoms with Crippen LogP contribution in [0.15, 0.2) is 180 Å². The molecule has 0 spiro atoms. The third-order valence-electron chi connectivity index (χ3n) is 13.1. The Bertz CT molecular complexity index is 3520. The molecule has 0 unspecified atom stereocenters. The van der Waals surface area contributed by atoms with Crippen molar-refractivity contribution in [3.05, 3.63) is 198 Å². The van der Waals surface area contributed by atoms with E-state index in [0.29, 0.717) is 16.7 Å². The van der Waals surface area contributed by atoms with Gasteiger partial charge in [0, 0.05) is 38.5 Å². The number of nitrogens with zero attached hydrogens (tertiary/aromatic N) is 1. The zero-order valence-electron chi connectivity index (χ0n) is 37.7. The van der Waals surface area contributed by atoms with Crippen molar-refractivity contribution in [2.75, 3.05) is 4.90 Å². The Balaban J connectivity index is 1.23. The topological polar surface area (TPSA) is 16.4 Å². The van der Waals surface area contributed by atoms with Crippen molar-refractivity contribution < 1.29 is 11.3 Å². The van der Waals surface area contributed by atoms with E-state index >= 15 is 0 Å². The first-order valence-electron chi connectivity index (χ1n) is 22.5. The van der Waals surface area contributed by atoms with Crippen LogP contribution in [0.25, 0.3) is 76.9 Å². The van der Waals surface area contributed by atoms with Crippen molar-refractivity contribution >= 4 is 60.5 Å². The summed E-state index contributed by atoms with van der Waals surface area (Å²) in [5, 5.41) is 5.74. The molecule has 2 heteroatoms. The van der Waals surface area contributed by atoms with Gasteiger partial charge < -0.3 is 9.32 Å². The van der Waals surface area contributed by atoms with Crippen LogP contribution in [0, 0.1) is 0 Å². The summed E-state index contributed by atoms with van der Waals surface area (Å²) in [5.41, 5.74) is 13.9. The summed E-state index contributed by atoms with van der Waals surface area (Å²) in [6.07, 6.45) is 0. The van der Waals surface area contributed by atoms with E-state index in [1.165, 1.54) is 44.5 Å². The predicted molar refractivity (Wildman–Crippen MR) is 244 cm³/mol. The summed E-state index contributed by atoms with van der Waals surface area (Å²) >= 11 is 0. The van der Waals surface area contributed by atoms with Crippen molar-refractivity contribution in [2.24, 2.45) is 0 Å². The van der Waals surface area contributed by atoms with Crippen LogP contribution in [0.3, 0.4) is 0 Å². The van der Waals surface area contributed by atoms with Crippen molar-refractivity contribution in [2.45, 2.75) is 38.5 Å². The number of anilines is 3. The predicted octanol–water partition coefficient (Wildman–Crippen LogP) is 15.6. The third kappa shape index (κ3) is 4.43. The molecule has 0 bridgehead atoms. The Labute approximate surface area is 345 Å². The van der Waals surface area contributed by atoms with Crippen LogP contribution in [0.2, 0.25) is 0 Å². The molecule has 0 saturated carbocycles. The molecule has 12 rings (SSSR count). The summed E-state index contributed by atoms with van der Waals surface area (Å²) in [7, 11) is 0. The van der Waals surface area contributed by atoms with Gasteiger partial charge in [-0.3, -0.25) is 0 Å². The molecule has 2 nitrogen and oxygen atoms in total. The second kappa shape index (κ2) is 11.8. The SMILES string of the molecule is [2H]c1c([2H])c([2H])c(-c2ccc(N(c3ccc4c(c3)C(C)(C)c3ccccc3-4)c3ccc4c(c3)C(C)(C)c3ccccc3-4)c3c2oc2c4ccccc4c4ccccc4c23)c([2H])c1[2H]. The second-order valence-electron chi connectivity index (χ2n) is 16.9. The van der Waals surface area contributed by atoms with Gasteiger partial charge in [0.25, 0.3) is 0 Å². The number of benzene rings is 9. The van der Waals surface area contributed by atoms with E-state index in [0.717, 1.165) is 49.4 Å². The highest BCUT2D eigenvalue weighted by atomic mass is 16.3. The van der Waals surface area contributed by atoms with Gasteiger partial charge in [-0.2, -0.15) is 0 Å². The lowest BCUT2D eigenvalue weighted by molar-refractivity contribution is 0.660. The van der Waals surface area contributed by atoms with Gasteiger partial charge in [-0.05, 0) is 103 Å². The lowest BCUT2D eigenvalue weighted by Crippen LogP contribution is -2.18. The lowest BCUT2D eigenvalue weighted by Gasteiger charge is -2.30. The largest absolute Gasteiger partial charge is 0.455 e. The average molecular weight is 749 g/mol. The van der Waals surface area contributed by atoms with E-state index in [9.17, 15) is 0 Å². The molecule has 0 atom stereocenters. The number of hydrogen-bond donors (Lipinski definition) is 0. The minimum absolute atomic E-state index is 0.103. The fraction of sp³-hybridized carbons (Fsp3) is 0.107. The van der Waals surface area contributed by atoms with Gasteiger partial charge in [0.05, 0.1) is 17.9 Å².